The molecule has 0 unspecified atom stereocenters. The summed E-state index contributed by atoms with van der Waals surface area (Å²) in [7, 11) is 0. The lowest BCUT2D eigenvalue weighted by Gasteiger charge is -2.05. The number of nitrogens with zero attached hydrogens (tertiary/aromatic N) is 3. The van der Waals surface area contributed by atoms with Gasteiger partial charge in [0.1, 0.15) is 3.70 Å². The fraction of sp³-hybridized carbons (Fsp3) is 0.0769. The maximum atomic E-state index is 12.9. The second-order valence-electron chi connectivity index (χ2n) is 4.16. The van der Waals surface area contributed by atoms with Crippen LogP contribution < -0.4 is 0 Å². The molecule has 2 aromatic heterocycles. The zero-order chi connectivity index (χ0) is 13.6. The van der Waals surface area contributed by atoms with Gasteiger partial charge in [0.2, 0.25) is 5.95 Å². The highest BCUT2D eigenvalue weighted by atomic mass is 127. The zero-order valence-corrected chi connectivity index (χ0v) is 12.8. The van der Waals surface area contributed by atoms with Gasteiger partial charge in [-0.2, -0.15) is 9.49 Å². The molecular formula is C13H8ClFIN3. The molecule has 0 saturated heterocycles. The van der Waals surface area contributed by atoms with E-state index in [9.17, 15) is 4.39 Å². The fourth-order valence-electron chi connectivity index (χ4n) is 2.05. The maximum absolute atomic E-state index is 12.9. The first kappa shape index (κ1) is 12.8. The molecule has 1 aromatic carbocycles. The van der Waals surface area contributed by atoms with Crippen LogP contribution >= 0.6 is 34.2 Å². The summed E-state index contributed by atoms with van der Waals surface area (Å²) in [6.45, 7) is 1.97. The number of benzene rings is 1. The molecule has 0 aliphatic rings. The Morgan fingerprint density at radius 3 is 2.79 bits per heavy atom. The highest BCUT2D eigenvalue weighted by molar-refractivity contribution is 14.1. The first-order chi connectivity index (χ1) is 9.06. The smallest absolute Gasteiger partial charge is 0.212 e. The number of hydrogen-bond acceptors (Lipinski definition) is 2. The van der Waals surface area contributed by atoms with Gasteiger partial charge in [0.25, 0.3) is 0 Å². The van der Waals surface area contributed by atoms with Crippen molar-refractivity contribution >= 4 is 45.1 Å². The molecule has 0 aliphatic carbocycles. The van der Waals surface area contributed by atoms with E-state index in [1.807, 2.05) is 19.1 Å². The lowest BCUT2D eigenvalue weighted by Crippen LogP contribution is -1.99. The SMILES string of the molecule is Cc1cc(Cl)cc2c(I)nn(-c3ccc(F)nc3)c12. The summed E-state index contributed by atoms with van der Waals surface area (Å²) in [5, 5.41) is 6.14. The van der Waals surface area contributed by atoms with E-state index in [0.717, 1.165) is 25.9 Å². The van der Waals surface area contributed by atoms with Crippen molar-refractivity contribution in [3.05, 3.63) is 50.7 Å². The number of pyridine rings is 1. The second-order valence-corrected chi connectivity index (χ2v) is 5.62. The average Bonchev–Trinajstić information content (AvgIpc) is 2.68. The lowest BCUT2D eigenvalue weighted by molar-refractivity contribution is 0.582. The molecule has 0 bridgehead atoms. The molecule has 3 rings (SSSR count). The molecule has 2 heterocycles. The van der Waals surface area contributed by atoms with E-state index in [1.165, 1.54) is 12.3 Å². The van der Waals surface area contributed by atoms with Crippen molar-refractivity contribution in [1.29, 1.82) is 0 Å². The Kier molecular flexibility index (Phi) is 3.18. The van der Waals surface area contributed by atoms with Gasteiger partial charge in [0, 0.05) is 10.4 Å². The minimum atomic E-state index is -0.505. The normalized spacial score (nSPS) is 11.2. The summed E-state index contributed by atoms with van der Waals surface area (Å²) in [6.07, 6.45) is 1.46. The highest BCUT2D eigenvalue weighted by Gasteiger charge is 2.13. The predicted octanol–water partition coefficient (Wildman–Crippen LogP) is 4.13. The van der Waals surface area contributed by atoms with Gasteiger partial charge < -0.3 is 0 Å². The predicted molar refractivity (Wildman–Crippen MR) is 81.3 cm³/mol. The monoisotopic (exact) mass is 387 g/mol. The number of fused-ring (bicyclic) bond motifs is 1. The maximum Gasteiger partial charge on any atom is 0.212 e. The Labute approximate surface area is 127 Å². The topological polar surface area (TPSA) is 30.7 Å². The van der Waals surface area contributed by atoms with Crippen LogP contribution in [0.4, 0.5) is 4.39 Å². The fourth-order valence-corrected chi connectivity index (χ4v) is 2.95. The molecule has 19 heavy (non-hydrogen) atoms. The van der Waals surface area contributed by atoms with Gasteiger partial charge in [-0.05, 0) is 59.3 Å². The van der Waals surface area contributed by atoms with Gasteiger partial charge in [-0.1, -0.05) is 11.6 Å². The first-order valence-electron chi connectivity index (χ1n) is 5.52. The third-order valence-electron chi connectivity index (χ3n) is 2.84. The van der Waals surface area contributed by atoms with Crippen LogP contribution in [0.15, 0.2) is 30.5 Å². The van der Waals surface area contributed by atoms with Crippen LogP contribution in [0.1, 0.15) is 5.56 Å². The van der Waals surface area contributed by atoms with Crippen LogP contribution in [0.25, 0.3) is 16.6 Å². The molecule has 0 saturated carbocycles. The molecule has 3 aromatic rings. The molecule has 0 aliphatic heterocycles. The van der Waals surface area contributed by atoms with Crippen molar-refractivity contribution in [2.75, 3.05) is 0 Å². The van der Waals surface area contributed by atoms with Crippen LogP contribution in [0, 0.1) is 16.6 Å². The van der Waals surface area contributed by atoms with Gasteiger partial charge in [0.05, 0.1) is 17.4 Å². The second kappa shape index (κ2) is 4.72. The van der Waals surface area contributed by atoms with Gasteiger partial charge in [-0.25, -0.2) is 9.67 Å². The molecule has 0 atom stereocenters. The molecule has 0 radical (unpaired) electrons. The van der Waals surface area contributed by atoms with Crippen molar-refractivity contribution in [2.24, 2.45) is 0 Å². The largest absolute Gasteiger partial charge is 0.230 e. The van der Waals surface area contributed by atoms with E-state index < -0.39 is 5.95 Å². The van der Waals surface area contributed by atoms with Gasteiger partial charge in [-0.3, -0.25) is 0 Å². The zero-order valence-electron chi connectivity index (χ0n) is 9.86. The Balaban J connectivity index is 2.33. The number of aryl methyl sites for hydroxylation is 1. The Bertz CT molecular complexity index is 768. The Morgan fingerprint density at radius 2 is 2.11 bits per heavy atom. The molecule has 0 N–H and O–H groups in total. The third kappa shape index (κ3) is 2.21. The van der Waals surface area contributed by atoms with Crippen LogP contribution in [0.5, 0.6) is 0 Å². The van der Waals surface area contributed by atoms with Crippen molar-refractivity contribution in [1.82, 2.24) is 14.8 Å². The average molecular weight is 388 g/mol. The number of halogens is 3. The molecule has 0 spiro atoms. The van der Waals surface area contributed by atoms with Gasteiger partial charge in [0.15, 0.2) is 0 Å². The van der Waals surface area contributed by atoms with Crippen LogP contribution in [-0.2, 0) is 0 Å². The van der Waals surface area contributed by atoms with E-state index >= 15 is 0 Å². The van der Waals surface area contributed by atoms with E-state index in [1.54, 1.807) is 10.7 Å². The minimum absolute atomic E-state index is 0.505. The van der Waals surface area contributed by atoms with E-state index in [0.29, 0.717) is 5.02 Å². The molecule has 0 amide bonds. The molecule has 0 fully saturated rings. The standard InChI is InChI=1S/C13H8ClFIN3/c1-7-4-8(14)5-10-12(7)19(18-13(10)16)9-2-3-11(15)17-6-9/h2-6H,1H3. The van der Waals surface area contributed by atoms with Crippen molar-refractivity contribution in [3.63, 3.8) is 0 Å². The lowest BCUT2D eigenvalue weighted by atomic mass is 10.1. The van der Waals surface area contributed by atoms with Crippen LogP contribution in [0.3, 0.4) is 0 Å². The molecule has 3 nitrogen and oxygen atoms in total. The molecule has 6 heteroatoms. The summed E-state index contributed by atoms with van der Waals surface area (Å²) in [5.41, 5.74) is 2.70. The van der Waals surface area contributed by atoms with E-state index in [-0.39, 0.29) is 0 Å². The van der Waals surface area contributed by atoms with Crippen molar-refractivity contribution in [3.8, 4) is 5.69 Å². The van der Waals surface area contributed by atoms with E-state index in [4.69, 9.17) is 11.6 Å². The summed E-state index contributed by atoms with van der Waals surface area (Å²) >= 11 is 8.23. The highest BCUT2D eigenvalue weighted by Crippen LogP contribution is 2.29. The molecule has 96 valence electrons. The third-order valence-corrected chi connectivity index (χ3v) is 3.86. The van der Waals surface area contributed by atoms with Crippen molar-refractivity contribution < 1.29 is 4.39 Å². The van der Waals surface area contributed by atoms with E-state index in [2.05, 4.69) is 32.7 Å². The summed E-state index contributed by atoms with van der Waals surface area (Å²) in [4.78, 5) is 3.66. The number of rotatable bonds is 1. The van der Waals surface area contributed by atoms with Crippen LogP contribution in [-0.4, -0.2) is 14.8 Å². The quantitative estimate of drug-likeness (QED) is 0.464. The van der Waals surface area contributed by atoms with Gasteiger partial charge in [-0.15, -0.1) is 0 Å². The molecular weight excluding hydrogens is 380 g/mol. The number of hydrogen-bond donors (Lipinski definition) is 0. The summed E-state index contributed by atoms with van der Waals surface area (Å²) in [6, 6.07) is 6.74. The van der Waals surface area contributed by atoms with Crippen molar-refractivity contribution in [2.45, 2.75) is 6.92 Å². The minimum Gasteiger partial charge on any atom is -0.230 e. The summed E-state index contributed by atoms with van der Waals surface area (Å²) < 4.78 is 15.5. The number of aromatic nitrogens is 3. The Hall–Kier alpha value is -1.21. The Morgan fingerprint density at radius 1 is 1.32 bits per heavy atom. The summed E-state index contributed by atoms with van der Waals surface area (Å²) in [5.74, 6) is -0.505. The first-order valence-corrected chi connectivity index (χ1v) is 6.98. The van der Waals surface area contributed by atoms with Crippen LogP contribution in [0.2, 0.25) is 5.02 Å². The van der Waals surface area contributed by atoms with Gasteiger partial charge >= 0.3 is 0 Å².